The summed E-state index contributed by atoms with van der Waals surface area (Å²) in [5.41, 5.74) is 5.51. The zero-order valence-electron chi connectivity index (χ0n) is 18.3. The van der Waals surface area contributed by atoms with Gasteiger partial charge in [0.15, 0.2) is 0 Å². The highest BCUT2D eigenvalue weighted by molar-refractivity contribution is 7.92. The van der Waals surface area contributed by atoms with Gasteiger partial charge in [0.25, 0.3) is 15.9 Å². The number of hydrogen-bond acceptors (Lipinski definition) is 6. The Hall–Kier alpha value is -3.17. The minimum atomic E-state index is -4.05. The molecule has 168 valence electrons. The summed E-state index contributed by atoms with van der Waals surface area (Å²) in [5.74, 6) is -0.230. The molecule has 0 bridgehead atoms. The Bertz CT molecular complexity index is 1230. The Labute approximate surface area is 192 Å². The second-order valence-electron chi connectivity index (χ2n) is 7.26. The Balaban J connectivity index is 1.95. The first-order chi connectivity index (χ1) is 15.2. The molecule has 0 aliphatic rings. The Morgan fingerprint density at radius 2 is 1.78 bits per heavy atom. The molecule has 0 saturated heterocycles. The molecule has 0 unspecified atom stereocenters. The highest BCUT2D eigenvalue weighted by Gasteiger charge is 2.29. The molecule has 1 aromatic heterocycles. The largest absolute Gasteiger partial charge is 0.495 e. The van der Waals surface area contributed by atoms with Crippen molar-refractivity contribution < 1.29 is 17.9 Å². The van der Waals surface area contributed by atoms with Crippen LogP contribution in [0.2, 0.25) is 0 Å². The molecular weight excluding hydrogens is 446 g/mol. The van der Waals surface area contributed by atoms with E-state index in [2.05, 4.69) is 10.5 Å². The lowest BCUT2D eigenvalue weighted by molar-refractivity contribution is -0.119. The van der Waals surface area contributed by atoms with Crippen LogP contribution < -0.4 is 14.5 Å². The van der Waals surface area contributed by atoms with E-state index in [9.17, 15) is 13.2 Å². The molecular formula is C23H25N3O4S2. The third kappa shape index (κ3) is 5.35. The standard InChI is InChI=1S/C23H25N3O4S2/c1-16-5-8-19(9-6-16)32(28,29)26(20-13-17(2)7-10-21(20)30-4)15-23(27)25-24-14-22-18(3)11-12-31-22/h5-14H,15H2,1-4H3,(H,25,27)/b24-14-. The molecule has 3 aromatic rings. The predicted molar refractivity (Wildman–Crippen MR) is 128 cm³/mol. The van der Waals surface area contributed by atoms with Crippen LogP contribution in [0.15, 0.2) is 63.9 Å². The van der Waals surface area contributed by atoms with Crippen molar-refractivity contribution in [1.29, 1.82) is 0 Å². The lowest BCUT2D eigenvalue weighted by atomic mass is 10.2. The second-order valence-corrected chi connectivity index (χ2v) is 10.1. The van der Waals surface area contributed by atoms with Gasteiger partial charge in [-0.25, -0.2) is 13.8 Å². The van der Waals surface area contributed by atoms with Gasteiger partial charge in [0.2, 0.25) is 0 Å². The number of rotatable bonds is 8. The van der Waals surface area contributed by atoms with Gasteiger partial charge in [0, 0.05) is 4.88 Å². The van der Waals surface area contributed by atoms with E-state index in [0.29, 0.717) is 5.75 Å². The van der Waals surface area contributed by atoms with Gasteiger partial charge in [0.1, 0.15) is 12.3 Å². The number of ether oxygens (including phenoxy) is 1. The Morgan fingerprint density at radius 3 is 2.41 bits per heavy atom. The number of benzene rings is 2. The van der Waals surface area contributed by atoms with E-state index in [1.165, 1.54) is 30.6 Å². The second kappa shape index (κ2) is 9.97. The van der Waals surface area contributed by atoms with E-state index in [-0.39, 0.29) is 10.6 Å². The predicted octanol–water partition coefficient (Wildman–Crippen LogP) is 4.03. The number of amides is 1. The van der Waals surface area contributed by atoms with Crippen LogP contribution in [0.1, 0.15) is 21.6 Å². The summed E-state index contributed by atoms with van der Waals surface area (Å²) >= 11 is 1.50. The van der Waals surface area contributed by atoms with Gasteiger partial charge in [-0.2, -0.15) is 5.10 Å². The molecule has 3 rings (SSSR count). The fourth-order valence-electron chi connectivity index (χ4n) is 2.98. The maximum Gasteiger partial charge on any atom is 0.264 e. The van der Waals surface area contributed by atoms with Crippen molar-refractivity contribution in [2.45, 2.75) is 25.7 Å². The lowest BCUT2D eigenvalue weighted by Gasteiger charge is -2.25. The first kappa shape index (κ1) is 23.5. The highest BCUT2D eigenvalue weighted by Crippen LogP contribution is 2.33. The van der Waals surface area contributed by atoms with Crippen LogP contribution in [0.4, 0.5) is 5.69 Å². The molecule has 2 aromatic carbocycles. The number of carbonyl (C=O) groups is 1. The van der Waals surface area contributed by atoms with Crippen molar-refractivity contribution in [2.24, 2.45) is 5.10 Å². The number of methoxy groups -OCH3 is 1. The summed E-state index contributed by atoms with van der Waals surface area (Å²) < 4.78 is 33.5. The molecule has 0 saturated carbocycles. The smallest absolute Gasteiger partial charge is 0.264 e. The average molecular weight is 472 g/mol. The molecule has 0 fully saturated rings. The number of anilines is 1. The van der Waals surface area contributed by atoms with Crippen molar-refractivity contribution >= 4 is 39.2 Å². The van der Waals surface area contributed by atoms with Gasteiger partial charge in [-0.15, -0.1) is 11.3 Å². The summed E-state index contributed by atoms with van der Waals surface area (Å²) in [7, 11) is -2.59. The fourth-order valence-corrected chi connectivity index (χ4v) is 5.19. The molecule has 0 spiro atoms. The van der Waals surface area contributed by atoms with Gasteiger partial charge in [-0.05, 0) is 67.6 Å². The van der Waals surface area contributed by atoms with Crippen LogP contribution in [0.5, 0.6) is 5.75 Å². The van der Waals surface area contributed by atoms with Crippen molar-refractivity contribution in [3.63, 3.8) is 0 Å². The number of aryl methyl sites for hydroxylation is 3. The van der Waals surface area contributed by atoms with E-state index in [0.717, 1.165) is 25.9 Å². The van der Waals surface area contributed by atoms with Crippen LogP contribution in [-0.2, 0) is 14.8 Å². The third-order valence-electron chi connectivity index (χ3n) is 4.77. The summed E-state index contributed by atoms with van der Waals surface area (Å²) in [6, 6.07) is 13.6. The molecule has 7 nitrogen and oxygen atoms in total. The van der Waals surface area contributed by atoms with Gasteiger partial charge >= 0.3 is 0 Å². The number of sulfonamides is 1. The lowest BCUT2D eigenvalue weighted by Crippen LogP contribution is -2.39. The highest BCUT2D eigenvalue weighted by atomic mass is 32.2. The average Bonchev–Trinajstić information content (AvgIpc) is 3.17. The maximum atomic E-state index is 13.5. The zero-order chi connectivity index (χ0) is 23.3. The van der Waals surface area contributed by atoms with Crippen molar-refractivity contribution in [2.75, 3.05) is 18.0 Å². The van der Waals surface area contributed by atoms with Crippen LogP contribution in [0.25, 0.3) is 0 Å². The third-order valence-corrected chi connectivity index (χ3v) is 7.50. The molecule has 0 atom stereocenters. The Morgan fingerprint density at radius 1 is 1.09 bits per heavy atom. The number of nitrogens with one attached hydrogen (secondary N) is 1. The van der Waals surface area contributed by atoms with Gasteiger partial charge < -0.3 is 4.74 Å². The number of carbonyl (C=O) groups excluding carboxylic acids is 1. The fraction of sp³-hybridized carbons (Fsp3) is 0.217. The van der Waals surface area contributed by atoms with E-state index < -0.39 is 22.5 Å². The molecule has 1 N–H and O–H groups in total. The van der Waals surface area contributed by atoms with E-state index in [4.69, 9.17) is 4.74 Å². The topological polar surface area (TPSA) is 88.1 Å². The van der Waals surface area contributed by atoms with E-state index in [1.807, 2.05) is 38.3 Å². The first-order valence-electron chi connectivity index (χ1n) is 9.82. The number of thiophene rings is 1. The molecule has 32 heavy (non-hydrogen) atoms. The first-order valence-corrected chi connectivity index (χ1v) is 12.1. The van der Waals surface area contributed by atoms with Gasteiger partial charge in [-0.1, -0.05) is 23.8 Å². The van der Waals surface area contributed by atoms with Crippen molar-refractivity contribution in [3.05, 3.63) is 75.5 Å². The Kier molecular flexibility index (Phi) is 7.32. The minimum Gasteiger partial charge on any atom is -0.495 e. The SMILES string of the molecule is COc1ccc(C)cc1N(CC(=O)N/N=C\c1sccc1C)S(=O)(=O)c1ccc(C)cc1. The molecule has 0 radical (unpaired) electrons. The monoisotopic (exact) mass is 471 g/mol. The van der Waals surface area contributed by atoms with Crippen LogP contribution >= 0.6 is 11.3 Å². The summed E-state index contributed by atoms with van der Waals surface area (Å²) in [5, 5.41) is 5.91. The molecule has 1 amide bonds. The number of hydrogen-bond donors (Lipinski definition) is 1. The van der Waals surface area contributed by atoms with Crippen molar-refractivity contribution in [3.8, 4) is 5.75 Å². The number of nitrogens with zero attached hydrogens (tertiary/aromatic N) is 2. The molecule has 9 heteroatoms. The molecule has 0 aliphatic heterocycles. The van der Waals surface area contributed by atoms with E-state index >= 15 is 0 Å². The van der Waals surface area contributed by atoms with Gasteiger partial charge in [-0.3, -0.25) is 9.10 Å². The van der Waals surface area contributed by atoms with E-state index in [1.54, 1.807) is 30.5 Å². The van der Waals surface area contributed by atoms with Crippen LogP contribution in [-0.4, -0.2) is 34.2 Å². The quantitative estimate of drug-likeness (QED) is 0.397. The normalized spacial score (nSPS) is 11.5. The summed E-state index contributed by atoms with van der Waals surface area (Å²) in [6.07, 6.45) is 1.55. The van der Waals surface area contributed by atoms with Gasteiger partial charge in [0.05, 0.1) is 23.9 Å². The summed E-state index contributed by atoms with van der Waals surface area (Å²) in [6.45, 7) is 5.20. The zero-order valence-corrected chi connectivity index (χ0v) is 20.0. The van der Waals surface area contributed by atoms with Crippen molar-refractivity contribution in [1.82, 2.24) is 5.43 Å². The molecule has 0 aliphatic carbocycles. The summed E-state index contributed by atoms with van der Waals surface area (Å²) in [4.78, 5) is 13.7. The van der Waals surface area contributed by atoms with Crippen LogP contribution in [0, 0.1) is 20.8 Å². The maximum absolute atomic E-state index is 13.5. The molecule has 1 heterocycles. The number of hydrazone groups is 1. The minimum absolute atomic E-state index is 0.0807. The van der Waals surface area contributed by atoms with Crippen LogP contribution in [0.3, 0.4) is 0 Å².